The van der Waals surface area contributed by atoms with Crippen LogP contribution in [0.2, 0.25) is 0 Å². The summed E-state index contributed by atoms with van der Waals surface area (Å²) in [5.74, 6) is 3.35. The molecule has 0 aromatic rings. The van der Waals surface area contributed by atoms with E-state index in [4.69, 9.17) is 0 Å². The van der Waals surface area contributed by atoms with Crippen molar-refractivity contribution in [2.45, 2.75) is 0 Å². The molecule has 1 rings (SSSR count). The summed E-state index contributed by atoms with van der Waals surface area (Å²) in [7, 11) is -1.08. The molecule has 1 nitrogen and oxygen atoms in total. The molecule has 3 heteroatoms. The summed E-state index contributed by atoms with van der Waals surface area (Å²) in [4.78, 5) is 0. The first-order valence-electron chi connectivity index (χ1n) is 1.70. The Balaban J connectivity index is 0.000000360. The largest absolute Gasteiger partial charge is 0.399 e. The molecule has 0 atom stereocenters. The maximum absolute atomic E-state index is 10.2. The summed E-state index contributed by atoms with van der Waals surface area (Å²) in [5.41, 5.74) is 0. The first-order chi connectivity index (χ1) is 2.89. The van der Waals surface area contributed by atoms with Crippen molar-refractivity contribution in [1.82, 2.24) is 0 Å². The molecule has 0 aliphatic carbocycles. The predicted molar refractivity (Wildman–Crippen MR) is 25.9 cm³/mol. The van der Waals surface area contributed by atoms with Gasteiger partial charge in [-0.3, -0.25) is 0 Å². The van der Waals surface area contributed by atoms with Crippen molar-refractivity contribution in [1.29, 1.82) is 0 Å². The molecule has 1 aliphatic rings. The molecule has 1 heterocycles. The quantitative estimate of drug-likeness (QED) is 0.481. The van der Waals surface area contributed by atoms with E-state index in [2.05, 4.69) is 0 Å². The molecule has 0 fully saturated rings. The van der Waals surface area contributed by atoms with Crippen molar-refractivity contribution in [2.75, 3.05) is 0 Å². The van der Waals surface area contributed by atoms with Crippen LogP contribution in [0.1, 0.15) is 0 Å². The Bertz CT molecular complexity index is 114. The first kappa shape index (κ1) is 7.16. The third kappa shape index (κ3) is 2.08. The summed E-state index contributed by atoms with van der Waals surface area (Å²) >= 11 is 0. The van der Waals surface area contributed by atoms with E-state index in [1.807, 2.05) is 0 Å². The molecule has 35 valence electrons. The van der Waals surface area contributed by atoms with Crippen LogP contribution in [-0.2, 0) is 23.1 Å². The Morgan fingerprint density at radius 2 is 1.57 bits per heavy atom. The fourth-order valence-electron chi connectivity index (χ4n) is 0.319. The zero-order valence-corrected chi connectivity index (χ0v) is 5.90. The second-order valence-corrected chi connectivity index (χ2v) is 2.36. The minimum atomic E-state index is -1.08. The normalized spacial score (nSPS) is 14.6. The third-order valence-corrected chi connectivity index (χ3v) is 1.51. The van der Waals surface area contributed by atoms with Gasteiger partial charge < -0.3 is 0 Å². The molecule has 0 N–H and O–H groups in total. The fourth-order valence-corrected chi connectivity index (χ4v) is 0.956. The van der Waals surface area contributed by atoms with Gasteiger partial charge in [-0.1, -0.05) is 4.57 Å². The molecule has 1 aliphatic heterocycles. The molecule has 0 saturated heterocycles. The molecule has 7 heavy (non-hydrogen) atoms. The van der Waals surface area contributed by atoms with Crippen LogP contribution in [0.15, 0.2) is 23.8 Å². The van der Waals surface area contributed by atoms with Crippen molar-refractivity contribution >= 4 is 7.80 Å². The Hall–Kier alpha value is 0.164. The summed E-state index contributed by atoms with van der Waals surface area (Å²) in [6.07, 6.45) is 3.58. The molecule has 0 aromatic heterocycles. The van der Waals surface area contributed by atoms with Gasteiger partial charge in [0.2, 0.25) is 0 Å². The average molecular weight is 150 g/mol. The van der Waals surface area contributed by atoms with Crippen molar-refractivity contribution in [2.24, 2.45) is 0 Å². The molecule has 0 aromatic carbocycles. The van der Waals surface area contributed by atoms with Crippen molar-refractivity contribution in [3.05, 3.63) is 23.8 Å². The van der Waals surface area contributed by atoms with Crippen LogP contribution < -0.4 is 0 Å². The van der Waals surface area contributed by atoms with E-state index in [0.29, 0.717) is 0 Å². The van der Waals surface area contributed by atoms with Crippen LogP contribution in [0.3, 0.4) is 0 Å². The Kier molecular flexibility index (Phi) is 3.28. The van der Waals surface area contributed by atoms with Crippen LogP contribution in [0.4, 0.5) is 0 Å². The molecule has 0 bridgehead atoms. The Morgan fingerprint density at radius 3 is 1.71 bits per heavy atom. The van der Waals surface area contributed by atoms with E-state index >= 15 is 0 Å². The molecule has 0 saturated carbocycles. The van der Waals surface area contributed by atoms with Crippen LogP contribution in [0.5, 0.6) is 0 Å². The van der Waals surface area contributed by atoms with E-state index in [9.17, 15) is 4.57 Å². The summed E-state index contributed by atoms with van der Waals surface area (Å²) in [5, 5.41) is 0. The average Bonchev–Trinajstić information content (AvgIpc) is 1.86. The fraction of sp³-hybridized carbons (Fsp3) is 0. The smallest absolute Gasteiger partial charge is 0.0627 e. The minimum Gasteiger partial charge on any atom is -0.0627 e. The second kappa shape index (κ2) is 3.20. The van der Waals surface area contributed by atoms with E-state index in [1.165, 1.54) is 0 Å². The maximum Gasteiger partial charge on any atom is 0.399 e. The summed E-state index contributed by atoms with van der Waals surface area (Å²) < 4.78 is 10.2. The van der Waals surface area contributed by atoms with Gasteiger partial charge in [0.15, 0.2) is 11.6 Å². The van der Waals surface area contributed by atoms with Crippen LogP contribution in [0, 0.1) is 0 Å². The van der Waals surface area contributed by atoms with Gasteiger partial charge >= 0.3 is 7.80 Å². The molecule has 0 spiro atoms. The van der Waals surface area contributed by atoms with E-state index in [1.54, 1.807) is 23.8 Å². The van der Waals surface area contributed by atoms with Crippen LogP contribution in [-0.4, -0.2) is 0 Å². The monoisotopic (exact) mass is 150 g/mol. The standard InChI is InChI=1S/C4H4OP.V/c5-6-3-1-2-4-6;/h1-4H;/q+1;. The van der Waals surface area contributed by atoms with Gasteiger partial charge in [0.05, 0.1) is 0 Å². The zero-order valence-electron chi connectivity index (χ0n) is 3.61. The summed E-state index contributed by atoms with van der Waals surface area (Å²) in [6, 6.07) is 0. The second-order valence-electron chi connectivity index (χ2n) is 1.04. The topological polar surface area (TPSA) is 17.1 Å². The number of allylic oxidation sites excluding steroid dienone is 2. The van der Waals surface area contributed by atoms with Crippen LogP contribution in [0.25, 0.3) is 0 Å². The zero-order chi connectivity index (χ0) is 4.41. The van der Waals surface area contributed by atoms with Crippen molar-refractivity contribution in [3.63, 3.8) is 0 Å². The van der Waals surface area contributed by atoms with E-state index in [-0.39, 0.29) is 18.6 Å². The van der Waals surface area contributed by atoms with Crippen LogP contribution >= 0.6 is 7.80 Å². The summed E-state index contributed by atoms with van der Waals surface area (Å²) in [6.45, 7) is 0. The molecule has 0 amide bonds. The predicted octanol–water partition coefficient (Wildman–Crippen LogP) is 1.85. The molecule has 1 radical (unpaired) electrons. The van der Waals surface area contributed by atoms with Crippen molar-refractivity contribution < 1.29 is 23.1 Å². The minimum absolute atomic E-state index is 0. The van der Waals surface area contributed by atoms with Gasteiger partial charge in [0, 0.05) is 18.6 Å². The number of hydrogen-bond acceptors (Lipinski definition) is 1. The van der Waals surface area contributed by atoms with Gasteiger partial charge in [0.1, 0.15) is 0 Å². The molecule has 0 unspecified atom stereocenters. The number of rotatable bonds is 0. The van der Waals surface area contributed by atoms with E-state index < -0.39 is 7.80 Å². The Morgan fingerprint density at radius 1 is 1.14 bits per heavy atom. The van der Waals surface area contributed by atoms with E-state index in [0.717, 1.165) is 0 Å². The van der Waals surface area contributed by atoms with Crippen molar-refractivity contribution in [3.8, 4) is 0 Å². The first-order valence-corrected chi connectivity index (χ1v) is 3.10. The molecular formula is C4H4OPV+. The van der Waals surface area contributed by atoms with Gasteiger partial charge in [-0.25, -0.2) is 0 Å². The SMILES string of the molecule is O=[P+]1C=CC=C1.[V]. The van der Waals surface area contributed by atoms with Gasteiger partial charge in [-0.2, -0.15) is 0 Å². The Labute approximate surface area is 55.2 Å². The van der Waals surface area contributed by atoms with Gasteiger partial charge in [-0.05, 0) is 12.2 Å². The number of hydrogen-bond donors (Lipinski definition) is 0. The van der Waals surface area contributed by atoms with Gasteiger partial charge in [0.25, 0.3) is 0 Å². The maximum atomic E-state index is 10.2. The third-order valence-electron chi connectivity index (χ3n) is 0.577. The molecular weight excluding hydrogens is 146 g/mol. The van der Waals surface area contributed by atoms with Gasteiger partial charge in [-0.15, -0.1) is 0 Å².